The molecule has 2 atom stereocenters. The van der Waals surface area contributed by atoms with Crippen LogP contribution < -0.4 is 5.32 Å². The highest BCUT2D eigenvalue weighted by molar-refractivity contribution is 7.11. The first-order valence-electron chi connectivity index (χ1n) is 7.63. The Morgan fingerprint density at radius 1 is 1.33 bits per heavy atom. The van der Waals surface area contributed by atoms with Crippen molar-refractivity contribution in [3.05, 3.63) is 51.7 Å². The summed E-state index contributed by atoms with van der Waals surface area (Å²) in [5.74, 6) is 0.498. The third-order valence-corrected chi connectivity index (χ3v) is 5.37. The van der Waals surface area contributed by atoms with Gasteiger partial charge in [-0.15, -0.1) is 11.3 Å². The van der Waals surface area contributed by atoms with E-state index in [1.54, 1.807) is 23.5 Å². The highest BCUT2D eigenvalue weighted by atomic mass is 32.1. The lowest BCUT2D eigenvalue weighted by Gasteiger charge is -2.22. The van der Waals surface area contributed by atoms with E-state index >= 15 is 0 Å². The molecule has 21 heavy (non-hydrogen) atoms. The number of aromatic nitrogens is 1. The number of rotatable bonds is 6. The van der Waals surface area contributed by atoms with E-state index in [9.17, 15) is 4.39 Å². The van der Waals surface area contributed by atoms with E-state index < -0.39 is 0 Å². The second-order valence-electron chi connectivity index (χ2n) is 5.77. The van der Waals surface area contributed by atoms with Gasteiger partial charge in [0.15, 0.2) is 0 Å². The van der Waals surface area contributed by atoms with Gasteiger partial charge in [-0.05, 0) is 49.8 Å². The number of aryl methyl sites for hydroxylation is 1. The molecule has 2 unspecified atom stereocenters. The van der Waals surface area contributed by atoms with Crippen molar-refractivity contribution >= 4 is 11.3 Å². The van der Waals surface area contributed by atoms with Gasteiger partial charge in [0.1, 0.15) is 10.8 Å². The largest absolute Gasteiger partial charge is 0.301 e. The summed E-state index contributed by atoms with van der Waals surface area (Å²) in [4.78, 5) is 5.85. The van der Waals surface area contributed by atoms with Gasteiger partial charge in [0, 0.05) is 17.1 Å². The molecule has 4 heteroatoms. The molecule has 1 fully saturated rings. The molecule has 112 valence electrons. The van der Waals surface area contributed by atoms with E-state index in [4.69, 9.17) is 0 Å². The molecule has 0 aliphatic heterocycles. The van der Waals surface area contributed by atoms with Crippen molar-refractivity contribution in [2.24, 2.45) is 5.92 Å². The first-order chi connectivity index (χ1) is 10.2. The number of nitrogens with zero attached hydrogens (tertiary/aromatic N) is 1. The maximum absolute atomic E-state index is 13.1. The molecule has 0 amide bonds. The molecule has 2 aromatic rings. The zero-order chi connectivity index (χ0) is 14.8. The highest BCUT2D eigenvalue weighted by Gasteiger charge is 2.33. The van der Waals surface area contributed by atoms with Crippen LogP contribution in [0.25, 0.3) is 0 Å². The first kappa shape index (κ1) is 14.7. The van der Waals surface area contributed by atoms with Crippen LogP contribution in [0, 0.1) is 11.7 Å². The summed E-state index contributed by atoms with van der Waals surface area (Å²) in [6.45, 7) is 4.32. The first-order valence-corrected chi connectivity index (χ1v) is 8.45. The van der Waals surface area contributed by atoms with Crippen LogP contribution in [0.5, 0.6) is 0 Å². The lowest BCUT2D eigenvalue weighted by Crippen LogP contribution is -2.26. The van der Waals surface area contributed by atoms with E-state index in [-0.39, 0.29) is 11.9 Å². The highest BCUT2D eigenvalue weighted by Crippen LogP contribution is 2.42. The van der Waals surface area contributed by atoms with Gasteiger partial charge in [0.2, 0.25) is 0 Å². The fourth-order valence-corrected chi connectivity index (χ4v) is 3.50. The third kappa shape index (κ3) is 3.50. The Morgan fingerprint density at radius 2 is 2.05 bits per heavy atom. The zero-order valence-corrected chi connectivity index (χ0v) is 13.3. The van der Waals surface area contributed by atoms with Gasteiger partial charge in [0.05, 0.1) is 6.04 Å². The van der Waals surface area contributed by atoms with E-state index in [1.165, 1.54) is 23.3 Å². The van der Waals surface area contributed by atoms with Crippen molar-refractivity contribution in [3.63, 3.8) is 0 Å². The number of nitrogens with one attached hydrogen (secondary N) is 1. The Labute approximate surface area is 129 Å². The van der Waals surface area contributed by atoms with Crippen LogP contribution in [0.2, 0.25) is 0 Å². The lowest BCUT2D eigenvalue weighted by atomic mass is 10.0. The number of halogens is 1. The molecule has 0 spiro atoms. The van der Waals surface area contributed by atoms with Crippen LogP contribution in [0.1, 0.15) is 54.2 Å². The van der Waals surface area contributed by atoms with Gasteiger partial charge >= 0.3 is 0 Å². The van der Waals surface area contributed by atoms with Crippen LogP contribution >= 0.6 is 11.3 Å². The molecule has 2 nitrogen and oxygen atoms in total. The Balaban J connectivity index is 1.74. The second kappa shape index (κ2) is 6.24. The standard InChI is InChI=1S/C17H21FN2S/c1-3-15-10-19-17(21-15)11(2)20-16(12-4-5-12)13-6-8-14(18)9-7-13/h6-12,16,20H,3-5H2,1-2H3. The van der Waals surface area contributed by atoms with Gasteiger partial charge in [0.25, 0.3) is 0 Å². The minimum Gasteiger partial charge on any atom is -0.301 e. The van der Waals surface area contributed by atoms with Gasteiger partial charge in [-0.25, -0.2) is 9.37 Å². The van der Waals surface area contributed by atoms with Crippen LogP contribution in [0.15, 0.2) is 30.5 Å². The molecule has 1 heterocycles. The van der Waals surface area contributed by atoms with E-state index in [0.717, 1.165) is 11.4 Å². The summed E-state index contributed by atoms with van der Waals surface area (Å²) in [5, 5.41) is 4.83. The van der Waals surface area contributed by atoms with Crippen LogP contribution in [0.4, 0.5) is 4.39 Å². The van der Waals surface area contributed by atoms with Crippen molar-refractivity contribution in [2.45, 2.75) is 45.2 Å². The van der Waals surface area contributed by atoms with Crippen LogP contribution in [0.3, 0.4) is 0 Å². The number of thiazole rings is 1. The molecule has 0 saturated heterocycles. The van der Waals surface area contributed by atoms with E-state index in [1.807, 2.05) is 18.3 Å². The maximum Gasteiger partial charge on any atom is 0.123 e. The molecular formula is C17H21FN2S. The van der Waals surface area contributed by atoms with Crippen molar-refractivity contribution < 1.29 is 4.39 Å². The average Bonchev–Trinajstić information content (AvgIpc) is 3.22. The molecule has 1 aromatic carbocycles. The van der Waals surface area contributed by atoms with Crippen LogP contribution in [-0.4, -0.2) is 4.98 Å². The zero-order valence-electron chi connectivity index (χ0n) is 12.5. The molecule has 3 rings (SSSR count). The Bertz CT molecular complexity index is 589. The van der Waals surface area contributed by atoms with Gasteiger partial charge in [-0.3, -0.25) is 0 Å². The quantitative estimate of drug-likeness (QED) is 0.840. The Hall–Kier alpha value is -1.26. The normalized spacial score (nSPS) is 17.7. The number of hydrogen-bond acceptors (Lipinski definition) is 3. The molecule has 1 aliphatic rings. The second-order valence-corrected chi connectivity index (χ2v) is 6.92. The summed E-state index contributed by atoms with van der Waals surface area (Å²) in [7, 11) is 0. The molecular weight excluding hydrogens is 283 g/mol. The predicted molar refractivity (Wildman–Crippen MR) is 84.9 cm³/mol. The predicted octanol–water partition coefficient (Wildman–Crippen LogP) is 4.65. The fourth-order valence-electron chi connectivity index (χ4n) is 2.63. The third-order valence-electron chi connectivity index (χ3n) is 4.04. The smallest absolute Gasteiger partial charge is 0.123 e. The van der Waals surface area contributed by atoms with Crippen LogP contribution in [-0.2, 0) is 6.42 Å². The molecule has 1 aromatic heterocycles. The van der Waals surface area contributed by atoms with Crippen molar-refractivity contribution in [2.75, 3.05) is 0 Å². The SMILES string of the molecule is CCc1cnc(C(C)NC(c2ccc(F)cc2)C2CC2)s1. The molecule has 1 N–H and O–H groups in total. The van der Waals surface area contributed by atoms with E-state index in [0.29, 0.717) is 12.0 Å². The topological polar surface area (TPSA) is 24.9 Å². The number of hydrogen-bond donors (Lipinski definition) is 1. The molecule has 0 radical (unpaired) electrons. The summed E-state index contributed by atoms with van der Waals surface area (Å²) < 4.78 is 13.1. The Kier molecular flexibility index (Phi) is 4.36. The summed E-state index contributed by atoms with van der Waals surface area (Å²) >= 11 is 1.78. The Morgan fingerprint density at radius 3 is 2.62 bits per heavy atom. The van der Waals surface area contributed by atoms with E-state index in [2.05, 4.69) is 24.1 Å². The van der Waals surface area contributed by atoms with Gasteiger partial charge < -0.3 is 5.32 Å². The minimum absolute atomic E-state index is 0.172. The minimum atomic E-state index is -0.172. The molecule has 1 aliphatic carbocycles. The van der Waals surface area contributed by atoms with Gasteiger partial charge in [-0.2, -0.15) is 0 Å². The lowest BCUT2D eigenvalue weighted by molar-refractivity contribution is 0.426. The summed E-state index contributed by atoms with van der Waals surface area (Å²) in [5.41, 5.74) is 1.18. The van der Waals surface area contributed by atoms with Gasteiger partial charge in [-0.1, -0.05) is 19.1 Å². The molecule has 0 bridgehead atoms. The molecule has 1 saturated carbocycles. The number of benzene rings is 1. The van der Waals surface area contributed by atoms with Crippen molar-refractivity contribution in [1.82, 2.24) is 10.3 Å². The summed E-state index contributed by atoms with van der Waals surface area (Å²) in [6.07, 6.45) is 5.51. The van der Waals surface area contributed by atoms with Crippen molar-refractivity contribution in [1.29, 1.82) is 0 Å². The monoisotopic (exact) mass is 304 g/mol. The maximum atomic E-state index is 13.1. The summed E-state index contributed by atoms with van der Waals surface area (Å²) in [6, 6.07) is 7.43. The fraction of sp³-hybridized carbons (Fsp3) is 0.471. The van der Waals surface area contributed by atoms with Crippen molar-refractivity contribution in [3.8, 4) is 0 Å². The average molecular weight is 304 g/mol.